The van der Waals surface area contributed by atoms with Crippen LogP contribution in [0.4, 0.5) is 0 Å². The lowest BCUT2D eigenvalue weighted by Gasteiger charge is -2.09. The number of carbonyl (C=O) groups excluding carboxylic acids is 1. The van der Waals surface area contributed by atoms with E-state index in [1.807, 2.05) is 6.92 Å². The first-order valence-electron chi connectivity index (χ1n) is 3.70. The van der Waals surface area contributed by atoms with Crippen molar-refractivity contribution in [3.63, 3.8) is 0 Å². The number of terminal acetylenes is 1. The minimum Gasteiger partial charge on any atom is -0.342 e. The van der Waals surface area contributed by atoms with Gasteiger partial charge < -0.3 is 11.1 Å². The first kappa shape index (κ1) is 9.99. The van der Waals surface area contributed by atoms with Gasteiger partial charge in [-0.1, -0.05) is 12.8 Å². The Morgan fingerprint density at radius 1 is 1.82 bits per heavy atom. The highest BCUT2D eigenvalue weighted by Crippen LogP contribution is 1.88. The Morgan fingerprint density at radius 2 is 2.45 bits per heavy atom. The van der Waals surface area contributed by atoms with Gasteiger partial charge in [0.25, 0.3) is 0 Å². The second kappa shape index (κ2) is 5.75. The van der Waals surface area contributed by atoms with Crippen LogP contribution >= 0.6 is 0 Å². The van der Waals surface area contributed by atoms with Crippen molar-refractivity contribution in [2.24, 2.45) is 5.73 Å². The monoisotopic (exact) mass is 154 g/mol. The van der Waals surface area contributed by atoms with Crippen molar-refractivity contribution < 1.29 is 4.79 Å². The maximum absolute atomic E-state index is 10.9. The normalized spacial score (nSPS) is 11.7. The first-order chi connectivity index (χ1) is 5.24. The molecule has 62 valence electrons. The van der Waals surface area contributed by atoms with Crippen LogP contribution in [0.5, 0.6) is 0 Å². The van der Waals surface area contributed by atoms with Crippen LogP contribution in [0.15, 0.2) is 0 Å². The van der Waals surface area contributed by atoms with Crippen molar-refractivity contribution in [3.05, 3.63) is 0 Å². The van der Waals surface area contributed by atoms with Crippen LogP contribution in [0.25, 0.3) is 0 Å². The Kier molecular flexibility index (Phi) is 5.22. The third-order valence-corrected chi connectivity index (χ3v) is 1.32. The number of nitrogens with two attached hydrogens (primary N) is 1. The molecule has 0 rings (SSSR count). The summed E-state index contributed by atoms with van der Waals surface area (Å²) in [6.45, 7) is 2.29. The molecule has 0 aromatic heterocycles. The van der Waals surface area contributed by atoms with Crippen LogP contribution in [0.3, 0.4) is 0 Å². The molecule has 3 N–H and O–H groups in total. The molecule has 0 spiro atoms. The molecule has 0 aliphatic heterocycles. The van der Waals surface area contributed by atoms with E-state index in [4.69, 9.17) is 12.2 Å². The molecule has 0 aromatic carbocycles. The summed E-state index contributed by atoms with van der Waals surface area (Å²) >= 11 is 0. The lowest BCUT2D eigenvalue weighted by atomic mass is 10.2. The number of carbonyl (C=O) groups is 1. The van der Waals surface area contributed by atoms with Crippen molar-refractivity contribution in [1.82, 2.24) is 5.32 Å². The van der Waals surface area contributed by atoms with Gasteiger partial charge in [-0.3, -0.25) is 4.79 Å². The molecule has 1 unspecified atom stereocenters. The molecule has 0 fully saturated rings. The molecule has 0 saturated heterocycles. The molecular weight excluding hydrogens is 140 g/mol. The summed E-state index contributed by atoms with van der Waals surface area (Å²) < 4.78 is 0. The lowest BCUT2D eigenvalue weighted by molar-refractivity contribution is -0.121. The molecule has 0 heterocycles. The van der Waals surface area contributed by atoms with E-state index in [9.17, 15) is 4.79 Å². The zero-order valence-corrected chi connectivity index (χ0v) is 6.76. The standard InChI is InChI=1S/C8H14N2O/c1-3-7(4-2)10-8(11)5-6-9/h1,7H,4-6,9H2,2H3,(H,10,11). The molecule has 0 aliphatic rings. The Balaban J connectivity index is 3.65. The Bertz CT molecular complexity index is 160. The van der Waals surface area contributed by atoms with E-state index in [-0.39, 0.29) is 11.9 Å². The number of amides is 1. The predicted molar refractivity (Wildman–Crippen MR) is 44.7 cm³/mol. The SMILES string of the molecule is C#CC(CC)NC(=O)CCN. The summed E-state index contributed by atoms with van der Waals surface area (Å²) in [7, 11) is 0. The molecular formula is C8H14N2O. The molecule has 1 atom stereocenters. The van der Waals surface area contributed by atoms with Crippen molar-refractivity contribution in [2.75, 3.05) is 6.54 Å². The van der Waals surface area contributed by atoms with Crippen LogP contribution in [-0.2, 0) is 4.79 Å². The summed E-state index contributed by atoms with van der Waals surface area (Å²) in [6, 6.07) is -0.144. The van der Waals surface area contributed by atoms with E-state index in [1.165, 1.54) is 0 Å². The highest BCUT2D eigenvalue weighted by atomic mass is 16.1. The second-order valence-electron chi connectivity index (χ2n) is 2.23. The molecule has 0 saturated carbocycles. The molecule has 0 aliphatic carbocycles. The average Bonchev–Trinajstić information content (AvgIpc) is 2.01. The second-order valence-corrected chi connectivity index (χ2v) is 2.23. The number of hydrogen-bond donors (Lipinski definition) is 2. The third kappa shape index (κ3) is 4.40. The summed E-state index contributed by atoms with van der Waals surface area (Å²) in [5.74, 6) is 2.40. The van der Waals surface area contributed by atoms with E-state index >= 15 is 0 Å². The van der Waals surface area contributed by atoms with E-state index < -0.39 is 0 Å². The van der Waals surface area contributed by atoms with Crippen LogP contribution in [0.2, 0.25) is 0 Å². The van der Waals surface area contributed by atoms with E-state index in [0.717, 1.165) is 6.42 Å². The Hall–Kier alpha value is -1.01. The van der Waals surface area contributed by atoms with Crippen LogP contribution < -0.4 is 11.1 Å². The van der Waals surface area contributed by atoms with Gasteiger partial charge in [-0.05, 0) is 6.42 Å². The molecule has 11 heavy (non-hydrogen) atoms. The molecule has 3 heteroatoms. The van der Waals surface area contributed by atoms with Crippen molar-refractivity contribution >= 4 is 5.91 Å². The number of nitrogens with one attached hydrogen (secondary N) is 1. The van der Waals surface area contributed by atoms with Crippen molar-refractivity contribution in [2.45, 2.75) is 25.8 Å². The van der Waals surface area contributed by atoms with Gasteiger partial charge >= 0.3 is 0 Å². The van der Waals surface area contributed by atoms with Crippen LogP contribution in [-0.4, -0.2) is 18.5 Å². The van der Waals surface area contributed by atoms with Crippen molar-refractivity contribution in [3.8, 4) is 12.3 Å². The van der Waals surface area contributed by atoms with E-state index in [0.29, 0.717) is 13.0 Å². The van der Waals surface area contributed by atoms with Gasteiger partial charge in [-0.25, -0.2) is 0 Å². The summed E-state index contributed by atoms with van der Waals surface area (Å²) in [5.41, 5.74) is 5.18. The van der Waals surface area contributed by atoms with Crippen LogP contribution in [0.1, 0.15) is 19.8 Å². The van der Waals surface area contributed by atoms with Gasteiger partial charge in [-0.2, -0.15) is 0 Å². The summed E-state index contributed by atoms with van der Waals surface area (Å²) in [6.07, 6.45) is 6.23. The molecule has 3 nitrogen and oxygen atoms in total. The summed E-state index contributed by atoms with van der Waals surface area (Å²) in [4.78, 5) is 10.9. The fraction of sp³-hybridized carbons (Fsp3) is 0.625. The zero-order valence-electron chi connectivity index (χ0n) is 6.76. The molecule has 0 aromatic rings. The van der Waals surface area contributed by atoms with E-state index in [1.54, 1.807) is 0 Å². The highest BCUT2D eigenvalue weighted by molar-refractivity contribution is 5.76. The fourth-order valence-corrected chi connectivity index (χ4v) is 0.659. The van der Waals surface area contributed by atoms with Gasteiger partial charge in [0.05, 0.1) is 6.04 Å². The quantitative estimate of drug-likeness (QED) is 0.554. The maximum Gasteiger partial charge on any atom is 0.222 e. The van der Waals surface area contributed by atoms with Crippen molar-refractivity contribution in [1.29, 1.82) is 0 Å². The lowest BCUT2D eigenvalue weighted by Crippen LogP contribution is -2.34. The van der Waals surface area contributed by atoms with Gasteiger partial charge in [-0.15, -0.1) is 6.42 Å². The average molecular weight is 154 g/mol. The van der Waals surface area contributed by atoms with E-state index in [2.05, 4.69) is 11.2 Å². The Morgan fingerprint density at radius 3 is 2.82 bits per heavy atom. The highest BCUT2D eigenvalue weighted by Gasteiger charge is 2.04. The number of rotatable bonds is 4. The maximum atomic E-state index is 10.9. The van der Waals surface area contributed by atoms with Gasteiger partial charge in [0.2, 0.25) is 5.91 Å². The smallest absolute Gasteiger partial charge is 0.222 e. The van der Waals surface area contributed by atoms with Crippen LogP contribution in [0, 0.1) is 12.3 Å². The minimum absolute atomic E-state index is 0.0719. The predicted octanol–water partition coefficient (Wildman–Crippen LogP) is -0.137. The van der Waals surface area contributed by atoms with Gasteiger partial charge in [0.15, 0.2) is 0 Å². The molecule has 1 amide bonds. The zero-order chi connectivity index (χ0) is 8.69. The van der Waals surface area contributed by atoms with Gasteiger partial charge in [0.1, 0.15) is 0 Å². The number of hydrogen-bond acceptors (Lipinski definition) is 2. The minimum atomic E-state index is -0.144. The third-order valence-electron chi connectivity index (χ3n) is 1.32. The summed E-state index contributed by atoms with van der Waals surface area (Å²) in [5, 5.41) is 2.66. The molecule has 0 radical (unpaired) electrons. The molecule has 0 bridgehead atoms. The first-order valence-corrected chi connectivity index (χ1v) is 3.70. The Labute approximate surface area is 67.3 Å². The largest absolute Gasteiger partial charge is 0.342 e. The topological polar surface area (TPSA) is 55.1 Å². The van der Waals surface area contributed by atoms with Gasteiger partial charge in [0, 0.05) is 13.0 Å². The fourth-order valence-electron chi connectivity index (χ4n) is 0.659.